The monoisotopic (exact) mass is 275 g/mol. The number of pyridine rings is 1. The van der Waals surface area contributed by atoms with Gasteiger partial charge in [-0.15, -0.1) is 0 Å². The molecule has 0 unspecified atom stereocenters. The Morgan fingerprint density at radius 1 is 1.35 bits per heavy atom. The average molecular weight is 275 g/mol. The van der Waals surface area contributed by atoms with Gasteiger partial charge < -0.3 is 10.4 Å². The van der Waals surface area contributed by atoms with E-state index in [4.69, 9.17) is 0 Å². The number of rotatable bonds is 7. The van der Waals surface area contributed by atoms with E-state index in [2.05, 4.69) is 34.2 Å². The highest BCUT2D eigenvalue weighted by atomic mass is 16.3. The zero-order valence-electron chi connectivity index (χ0n) is 12.0. The lowest BCUT2D eigenvalue weighted by atomic mass is 9.83. The van der Waals surface area contributed by atoms with E-state index in [1.165, 1.54) is 6.33 Å². The molecule has 108 valence electrons. The number of hydrogen-bond acceptors (Lipinski definition) is 5. The maximum absolute atomic E-state index is 9.62. The van der Waals surface area contributed by atoms with E-state index in [0.29, 0.717) is 12.4 Å². The van der Waals surface area contributed by atoms with E-state index in [-0.39, 0.29) is 12.0 Å². The molecule has 20 heavy (non-hydrogen) atoms. The van der Waals surface area contributed by atoms with Crippen LogP contribution in [-0.2, 0) is 0 Å². The van der Waals surface area contributed by atoms with E-state index in [9.17, 15) is 5.11 Å². The van der Waals surface area contributed by atoms with E-state index >= 15 is 0 Å². The van der Waals surface area contributed by atoms with Crippen molar-refractivity contribution in [2.24, 2.45) is 5.41 Å². The first kappa shape index (κ1) is 14.5. The predicted octanol–water partition coefficient (Wildman–Crippen LogP) is 1.87. The summed E-state index contributed by atoms with van der Waals surface area (Å²) in [5, 5.41) is 17.1. The lowest BCUT2D eigenvalue weighted by Crippen LogP contribution is -2.32. The first-order valence-electron chi connectivity index (χ1n) is 6.89. The van der Waals surface area contributed by atoms with Gasteiger partial charge in [0.2, 0.25) is 0 Å². The molecule has 0 saturated carbocycles. The molecule has 2 N–H and O–H groups in total. The van der Waals surface area contributed by atoms with Crippen molar-refractivity contribution in [2.45, 2.75) is 26.7 Å². The van der Waals surface area contributed by atoms with E-state index < -0.39 is 0 Å². The fourth-order valence-corrected chi connectivity index (χ4v) is 2.10. The van der Waals surface area contributed by atoms with Gasteiger partial charge in [0.15, 0.2) is 5.82 Å². The number of nitrogens with one attached hydrogen (secondary N) is 1. The molecule has 0 aliphatic rings. The van der Waals surface area contributed by atoms with Gasteiger partial charge in [0.05, 0.1) is 12.3 Å². The van der Waals surface area contributed by atoms with Gasteiger partial charge in [-0.2, -0.15) is 5.10 Å². The largest absolute Gasteiger partial charge is 0.396 e. The third-order valence-corrected chi connectivity index (χ3v) is 3.91. The lowest BCUT2D eigenvalue weighted by Gasteiger charge is -2.30. The fourth-order valence-electron chi connectivity index (χ4n) is 2.10. The Labute approximate surface area is 118 Å². The summed E-state index contributed by atoms with van der Waals surface area (Å²) in [5.74, 6) is 0.712. The maximum Gasteiger partial charge on any atom is 0.178 e. The Balaban J connectivity index is 2.18. The first-order chi connectivity index (χ1) is 9.74. The molecule has 0 aromatic carbocycles. The summed E-state index contributed by atoms with van der Waals surface area (Å²) in [6.07, 6.45) is 6.67. The Bertz CT molecular complexity index is 514. The Kier molecular flexibility index (Phi) is 4.68. The molecule has 6 heteroatoms. The molecule has 2 aromatic rings. The highest BCUT2D eigenvalue weighted by molar-refractivity contribution is 5.56. The zero-order chi connectivity index (χ0) is 14.4. The van der Waals surface area contributed by atoms with Crippen LogP contribution in [0.2, 0.25) is 0 Å². The smallest absolute Gasteiger partial charge is 0.178 e. The Morgan fingerprint density at radius 3 is 2.75 bits per heavy atom. The lowest BCUT2D eigenvalue weighted by molar-refractivity contribution is 0.127. The summed E-state index contributed by atoms with van der Waals surface area (Å²) < 4.78 is 1.63. The van der Waals surface area contributed by atoms with Crippen molar-refractivity contribution < 1.29 is 5.11 Å². The second kappa shape index (κ2) is 6.47. The molecule has 0 bridgehead atoms. The molecule has 0 radical (unpaired) electrons. The molecule has 0 atom stereocenters. The van der Waals surface area contributed by atoms with Gasteiger partial charge in [0.1, 0.15) is 12.7 Å². The third-order valence-electron chi connectivity index (χ3n) is 3.91. The summed E-state index contributed by atoms with van der Waals surface area (Å²) in [6.45, 7) is 5.07. The van der Waals surface area contributed by atoms with Crippen molar-refractivity contribution in [3.8, 4) is 5.82 Å². The molecule has 6 nitrogen and oxygen atoms in total. The average Bonchev–Trinajstić information content (AvgIpc) is 3.04. The molecular weight excluding hydrogens is 254 g/mol. The Hall–Kier alpha value is -1.95. The molecule has 0 fully saturated rings. The van der Waals surface area contributed by atoms with Crippen molar-refractivity contribution in [1.29, 1.82) is 0 Å². The van der Waals surface area contributed by atoms with Crippen molar-refractivity contribution in [1.82, 2.24) is 19.7 Å². The van der Waals surface area contributed by atoms with Gasteiger partial charge in [0, 0.05) is 18.2 Å². The molecule has 2 heterocycles. The van der Waals surface area contributed by atoms with Gasteiger partial charge in [-0.05, 0) is 25.0 Å². The minimum Gasteiger partial charge on any atom is -0.396 e. The topological polar surface area (TPSA) is 75.9 Å². The summed E-state index contributed by atoms with van der Waals surface area (Å²) in [4.78, 5) is 8.28. The van der Waals surface area contributed by atoms with Gasteiger partial charge in [-0.1, -0.05) is 13.8 Å². The summed E-state index contributed by atoms with van der Waals surface area (Å²) in [5.41, 5.74) is 0.785. The predicted molar refractivity (Wildman–Crippen MR) is 77.7 cm³/mol. The van der Waals surface area contributed by atoms with Crippen LogP contribution in [0.15, 0.2) is 31.0 Å². The summed E-state index contributed by atoms with van der Waals surface area (Å²) >= 11 is 0. The van der Waals surface area contributed by atoms with Crippen LogP contribution in [-0.4, -0.2) is 38.0 Å². The van der Waals surface area contributed by atoms with Gasteiger partial charge >= 0.3 is 0 Å². The summed E-state index contributed by atoms with van der Waals surface area (Å²) in [7, 11) is 0. The standard InChI is InChI=1S/C14H21N5O/c1-3-14(4-2,9-20)8-17-12-6-5-7-16-13(12)19-11-15-10-18-19/h5-7,10-11,17,20H,3-4,8-9H2,1-2H3. The number of anilines is 1. The van der Waals surface area contributed by atoms with Crippen molar-refractivity contribution in [3.63, 3.8) is 0 Å². The van der Waals surface area contributed by atoms with Crippen LogP contribution in [0.3, 0.4) is 0 Å². The van der Waals surface area contributed by atoms with Gasteiger partial charge in [0.25, 0.3) is 0 Å². The normalized spacial score (nSPS) is 11.6. The minimum absolute atomic E-state index is 0.102. The Morgan fingerprint density at radius 2 is 2.15 bits per heavy atom. The van der Waals surface area contributed by atoms with Crippen LogP contribution in [0.5, 0.6) is 0 Å². The van der Waals surface area contributed by atoms with Crippen LogP contribution < -0.4 is 5.32 Å². The third kappa shape index (κ3) is 2.96. The second-order valence-corrected chi connectivity index (χ2v) is 4.93. The van der Waals surface area contributed by atoms with E-state index in [1.54, 1.807) is 17.2 Å². The quantitative estimate of drug-likeness (QED) is 0.807. The molecule has 2 aromatic heterocycles. The van der Waals surface area contributed by atoms with Gasteiger partial charge in [-0.25, -0.2) is 14.6 Å². The van der Waals surface area contributed by atoms with Crippen molar-refractivity contribution in [2.75, 3.05) is 18.5 Å². The molecule has 0 aliphatic carbocycles. The van der Waals surface area contributed by atoms with Crippen molar-refractivity contribution in [3.05, 3.63) is 31.0 Å². The van der Waals surface area contributed by atoms with E-state index in [0.717, 1.165) is 18.5 Å². The SMILES string of the molecule is CCC(CC)(CO)CNc1cccnc1-n1cncn1. The molecule has 0 spiro atoms. The minimum atomic E-state index is -0.102. The van der Waals surface area contributed by atoms with Crippen LogP contribution >= 0.6 is 0 Å². The van der Waals surface area contributed by atoms with E-state index in [1.807, 2.05) is 12.1 Å². The molecule has 2 rings (SSSR count). The van der Waals surface area contributed by atoms with Crippen molar-refractivity contribution >= 4 is 5.69 Å². The molecular formula is C14H21N5O. The fraction of sp³-hybridized carbons (Fsp3) is 0.500. The van der Waals surface area contributed by atoms with Crippen LogP contribution in [0.4, 0.5) is 5.69 Å². The number of aliphatic hydroxyl groups excluding tert-OH is 1. The van der Waals surface area contributed by atoms with Gasteiger partial charge in [-0.3, -0.25) is 0 Å². The highest BCUT2D eigenvalue weighted by Crippen LogP contribution is 2.27. The van der Waals surface area contributed by atoms with Crippen LogP contribution in [0, 0.1) is 5.41 Å². The number of aliphatic hydroxyl groups is 1. The maximum atomic E-state index is 9.62. The van der Waals surface area contributed by atoms with Crippen LogP contribution in [0.25, 0.3) is 5.82 Å². The number of nitrogens with zero attached hydrogens (tertiary/aromatic N) is 4. The summed E-state index contributed by atoms with van der Waals surface area (Å²) in [6, 6.07) is 3.83. The number of hydrogen-bond donors (Lipinski definition) is 2. The van der Waals surface area contributed by atoms with Crippen LogP contribution in [0.1, 0.15) is 26.7 Å². The number of aromatic nitrogens is 4. The zero-order valence-corrected chi connectivity index (χ0v) is 12.0. The highest BCUT2D eigenvalue weighted by Gasteiger charge is 2.25. The molecule has 0 amide bonds. The second-order valence-electron chi connectivity index (χ2n) is 4.93. The molecule has 0 aliphatic heterocycles. The molecule has 0 saturated heterocycles. The first-order valence-corrected chi connectivity index (χ1v) is 6.89.